The molecule has 1 aromatic carbocycles. The summed E-state index contributed by atoms with van der Waals surface area (Å²) in [6.45, 7) is 1.92. The maximum absolute atomic E-state index is 12.4. The summed E-state index contributed by atoms with van der Waals surface area (Å²) in [6.07, 6.45) is 6.31. The van der Waals surface area contributed by atoms with E-state index in [0.29, 0.717) is 16.3 Å². The highest BCUT2D eigenvalue weighted by Crippen LogP contribution is 2.19. The van der Waals surface area contributed by atoms with Crippen molar-refractivity contribution < 1.29 is 9.90 Å². The van der Waals surface area contributed by atoms with E-state index in [0.717, 1.165) is 12.1 Å². The summed E-state index contributed by atoms with van der Waals surface area (Å²) in [5, 5.41) is 17.2. The SMILES string of the molecule is Cc1nn(-c2ccc(Cl)cc2)cc1C(=O)N[C@@H]1C=C[C@H](CO)C1. The van der Waals surface area contributed by atoms with E-state index in [1.165, 1.54) is 0 Å². The second-order valence-electron chi connectivity index (χ2n) is 5.69. The number of nitrogens with zero attached hydrogens (tertiary/aromatic N) is 2. The Morgan fingerprint density at radius 1 is 1.39 bits per heavy atom. The highest BCUT2D eigenvalue weighted by atomic mass is 35.5. The molecule has 2 N–H and O–H groups in total. The van der Waals surface area contributed by atoms with E-state index in [2.05, 4.69) is 10.4 Å². The number of aliphatic hydroxyl groups excluding tert-OH is 1. The Labute approximate surface area is 139 Å². The van der Waals surface area contributed by atoms with Crippen molar-refractivity contribution in [3.63, 3.8) is 0 Å². The molecule has 0 aliphatic heterocycles. The van der Waals surface area contributed by atoms with Gasteiger partial charge in [-0.3, -0.25) is 4.79 Å². The number of benzene rings is 1. The molecule has 5 nitrogen and oxygen atoms in total. The molecule has 6 heteroatoms. The molecule has 0 saturated heterocycles. The minimum atomic E-state index is -0.157. The average molecular weight is 332 g/mol. The van der Waals surface area contributed by atoms with Crippen LogP contribution in [0.4, 0.5) is 0 Å². The van der Waals surface area contributed by atoms with Gasteiger partial charge >= 0.3 is 0 Å². The van der Waals surface area contributed by atoms with Crippen molar-refractivity contribution in [2.24, 2.45) is 5.92 Å². The lowest BCUT2D eigenvalue weighted by Crippen LogP contribution is -2.33. The Balaban J connectivity index is 1.74. The van der Waals surface area contributed by atoms with Gasteiger partial charge in [-0.25, -0.2) is 4.68 Å². The molecule has 0 unspecified atom stereocenters. The molecule has 0 radical (unpaired) electrons. The van der Waals surface area contributed by atoms with Crippen LogP contribution in [0.5, 0.6) is 0 Å². The van der Waals surface area contributed by atoms with Crippen LogP contribution in [-0.2, 0) is 0 Å². The molecule has 120 valence electrons. The van der Waals surface area contributed by atoms with Gasteiger partial charge in [0.1, 0.15) is 0 Å². The van der Waals surface area contributed by atoms with Crippen molar-refractivity contribution in [1.29, 1.82) is 0 Å². The second kappa shape index (κ2) is 6.56. The van der Waals surface area contributed by atoms with Crippen LogP contribution in [0.3, 0.4) is 0 Å². The number of aryl methyl sites for hydroxylation is 1. The summed E-state index contributed by atoms with van der Waals surface area (Å²) >= 11 is 5.89. The Bertz CT molecular complexity index is 737. The fraction of sp³-hybridized carbons (Fsp3) is 0.294. The molecule has 3 rings (SSSR count). The first kappa shape index (κ1) is 15.8. The third-order valence-corrected chi connectivity index (χ3v) is 4.21. The average Bonchev–Trinajstić information content (AvgIpc) is 3.14. The van der Waals surface area contributed by atoms with Crippen LogP contribution < -0.4 is 5.32 Å². The topological polar surface area (TPSA) is 67.2 Å². The van der Waals surface area contributed by atoms with Crippen LogP contribution in [-0.4, -0.2) is 33.4 Å². The number of amides is 1. The zero-order valence-corrected chi connectivity index (χ0v) is 13.5. The van der Waals surface area contributed by atoms with Crippen LogP contribution in [0.1, 0.15) is 22.5 Å². The van der Waals surface area contributed by atoms with Gasteiger partial charge in [0.2, 0.25) is 0 Å². The van der Waals surface area contributed by atoms with E-state index in [4.69, 9.17) is 16.7 Å². The first-order chi connectivity index (χ1) is 11.1. The summed E-state index contributed by atoms with van der Waals surface area (Å²) in [7, 11) is 0. The molecule has 1 aliphatic carbocycles. The van der Waals surface area contributed by atoms with Gasteiger partial charge in [0.05, 0.1) is 16.9 Å². The molecule has 1 heterocycles. The van der Waals surface area contributed by atoms with Crippen molar-refractivity contribution in [2.75, 3.05) is 6.61 Å². The number of rotatable bonds is 4. The maximum Gasteiger partial charge on any atom is 0.255 e. The molecule has 0 bridgehead atoms. The van der Waals surface area contributed by atoms with E-state index < -0.39 is 0 Å². The standard InChI is InChI=1S/C17H18ClN3O2/c1-11-16(17(23)19-14-5-2-12(8-14)10-22)9-21(20-11)15-6-3-13(18)4-7-15/h2-7,9,12,14,22H,8,10H2,1H3,(H,19,23)/t12-,14+/m0/s1. The summed E-state index contributed by atoms with van der Waals surface area (Å²) in [5.74, 6) is -0.0332. The van der Waals surface area contributed by atoms with E-state index >= 15 is 0 Å². The fourth-order valence-corrected chi connectivity index (χ4v) is 2.80. The second-order valence-corrected chi connectivity index (χ2v) is 6.13. The Kier molecular flexibility index (Phi) is 4.50. The van der Waals surface area contributed by atoms with Crippen LogP contribution in [0, 0.1) is 12.8 Å². The van der Waals surface area contributed by atoms with E-state index in [1.807, 2.05) is 31.2 Å². The van der Waals surface area contributed by atoms with Gasteiger partial charge < -0.3 is 10.4 Å². The van der Waals surface area contributed by atoms with Crippen LogP contribution in [0.25, 0.3) is 5.69 Å². The molecule has 1 aromatic heterocycles. The first-order valence-electron chi connectivity index (χ1n) is 7.49. The molecular weight excluding hydrogens is 314 g/mol. The van der Waals surface area contributed by atoms with Crippen molar-refractivity contribution in [1.82, 2.24) is 15.1 Å². The van der Waals surface area contributed by atoms with Crippen LogP contribution in [0.15, 0.2) is 42.6 Å². The normalized spacial score (nSPS) is 20.0. The number of halogens is 1. The minimum absolute atomic E-state index is 0.0436. The predicted molar refractivity (Wildman–Crippen MR) is 88.9 cm³/mol. The van der Waals surface area contributed by atoms with Crippen molar-refractivity contribution in [2.45, 2.75) is 19.4 Å². The molecule has 23 heavy (non-hydrogen) atoms. The van der Waals surface area contributed by atoms with Gasteiger partial charge in [0.25, 0.3) is 5.91 Å². The Morgan fingerprint density at radius 3 is 2.78 bits per heavy atom. The molecule has 0 saturated carbocycles. The Hall–Kier alpha value is -2.11. The van der Waals surface area contributed by atoms with E-state index in [9.17, 15) is 4.79 Å². The molecule has 2 atom stereocenters. The molecule has 1 aliphatic rings. The number of hydrogen-bond acceptors (Lipinski definition) is 3. The lowest BCUT2D eigenvalue weighted by molar-refractivity contribution is 0.0940. The van der Waals surface area contributed by atoms with E-state index in [-0.39, 0.29) is 24.5 Å². The lowest BCUT2D eigenvalue weighted by Gasteiger charge is -2.12. The highest BCUT2D eigenvalue weighted by Gasteiger charge is 2.22. The number of nitrogens with one attached hydrogen (secondary N) is 1. The summed E-state index contributed by atoms with van der Waals surface area (Å²) in [5.41, 5.74) is 2.05. The quantitative estimate of drug-likeness (QED) is 0.846. The summed E-state index contributed by atoms with van der Waals surface area (Å²) < 4.78 is 1.67. The zero-order valence-electron chi connectivity index (χ0n) is 12.7. The minimum Gasteiger partial charge on any atom is -0.396 e. The molecule has 1 amide bonds. The van der Waals surface area contributed by atoms with Gasteiger partial charge in [-0.2, -0.15) is 5.10 Å². The van der Waals surface area contributed by atoms with Gasteiger partial charge in [0.15, 0.2) is 0 Å². The Morgan fingerprint density at radius 2 is 2.13 bits per heavy atom. The third kappa shape index (κ3) is 3.46. The number of carbonyl (C=O) groups is 1. The number of aliphatic hydroxyl groups is 1. The van der Waals surface area contributed by atoms with Crippen molar-refractivity contribution in [3.8, 4) is 5.69 Å². The van der Waals surface area contributed by atoms with Crippen molar-refractivity contribution >= 4 is 17.5 Å². The highest BCUT2D eigenvalue weighted by molar-refractivity contribution is 6.30. The first-order valence-corrected chi connectivity index (χ1v) is 7.87. The third-order valence-electron chi connectivity index (χ3n) is 3.96. The summed E-state index contributed by atoms with van der Waals surface area (Å²) in [6, 6.07) is 7.22. The van der Waals surface area contributed by atoms with Gasteiger partial charge in [-0.1, -0.05) is 23.8 Å². The number of aromatic nitrogens is 2. The van der Waals surface area contributed by atoms with E-state index in [1.54, 1.807) is 23.0 Å². The van der Waals surface area contributed by atoms with Gasteiger partial charge in [-0.05, 0) is 37.6 Å². The number of hydrogen-bond donors (Lipinski definition) is 2. The molecule has 0 fully saturated rings. The number of carbonyl (C=O) groups excluding carboxylic acids is 1. The van der Waals surface area contributed by atoms with Gasteiger partial charge in [0, 0.05) is 29.8 Å². The van der Waals surface area contributed by atoms with Crippen LogP contribution >= 0.6 is 11.6 Å². The monoisotopic (exact) mass is 331 g/mol. The van der Waals surface area contributed by atoms with Gasteiger partial charge in [-0.15, -0.1) is 0 Å². The molecule has 2 aromatic rings. The molecule has 0 spiro atoms. The molecular formula is C17H18ClN3O2. The predicted octanol–water partition coefficient (Wildman–Crippen LogP) is 2.50. The fourth-order valence-electron chi connectivity index (χ4n) is 2.67. The smallest absolute Gasteiger partial charge is 0.255 e. The zero-order chi connectivity index (χ0) is 16.4. The maximum atomic E-state index is 12.4. The lowest BCUT2D eigenvalue weighted by atomic mass is 10.1. The largest absolute Gasteiger partial charge is 0.396 e. The van der Waals surface area contributed by atoms with Crippen molar-refractivity contribution in [3.05, 3.63) is 58.9 Å². The summed E-state index contributed by atoms with van der Waals surface area (Å²) in [4.78, 5) is 12.4. The van der Waals surface area contributed by atoms with Crippen LogP contribution in [0.2, 0.25) is 5.02 Å².